The van der Waals surface area contributed by atoms with Gasteiger partial charge >= 0.3 is 6.03 Å². The number of rotatable bonds is 4. The van der Waals surface area contributed by atoms with Crippen molar-refractivity contribution in [2.24, 2.45) is 11.8 Å². The molecule has 4 nitrogen and oxygen atoms in total. The van der Waals surface area contributed by atoms with Crippen molar-refractivity contribution in [3.05, 3.63) is 41.6 Å². The van der Waals surface area contributed by atoms with Gasteiger partial charge in [-0.3, -0.25) is 4.90 Å². The Bertz CT molecular complexity index is 535. The van der Waals surface area contributed by atoms with Crippen LogP contribution in [-0.4, -0.2) is 30.0 Å². The fourth-order valence-electron chi connectivity index (χ4n) is 2.96. The van der Waals surface area contributed by atoms with Crippen molar-refractivity contribution >= 4 is 12.0 Å². The summed E-state index contributed by atoms with van der Waals surface area (Å²) in [6, 6.07) is 9.82. The van der Waals surface area contributed by atoms with Gasteiger partial charge in [0.2, 0.25) is 0 Å². The third-order valence-electron chi connectivity index (χ3n) is 4.12. The molecule has 2 amide bonds. The van der Waals surface area contributed by atoms with Crippen molar-refractivity contribution in [3.8, 4) is 0 Å². The molecule has 0 radical (unpaired) electrons. The predicted molar refractivity (Wildman–Crippen MR) is 82.4 cm³/mol. The summed E-state index contributed by atoms with van der Waals surface area (Å²) in [5.41, 5.74) is 1.69. The number of likely N-dealkylation sites (tertiary alicyclic amines) is 1. The van der Waals surface area contributed by atoms with Gasteiger partial charge < -0.3 is 5.32 Å². The second-order valence-corrected chi connectivity index (χ2v) is 5.56. The summed E-state index contributed by atoms with van der Waals surface area (Å²) in [6.45, 7) is 5.27. The highest BCUT2D eigenvalue weighted by Crippen LogP contribution is 2.33. The summed E-state index contributed by atoms with van der Waals surface area (Å²) in [5.74, 6) is 2.42. The minimum absolute atomic E-state index is 0.141. The minimum Gasteiger partial charge on any atom is -0.337 e. The Kier molecular flexibility index (Phi) is 5.18. The van der Waals surface area contributed by atoms with Gasteiger partial charge in [0, 0.05) is 19.0 Å². The van der Waals surface area contributed by atoms with Crippen molar-refractivity contribution < 1.29 is 9.59 Å². The lowest BCUT2D eigenvalue weighted by molar-refractivity contribution is 0.215. The van der Waals surface area contributed by atoms with Crippen molar-refractivity contribution in [1.82, 2.24) is 10.2 Å². The topological polar surface area (TPSA) is 49.4 Å². The van der Waals surface area contributed by atoms with Gasteiger partial charge in [-0.1, -0.05) is 44.2 Å². The number of carbonyl (C=O) groups is 1. The Morgan fingerprint density at radius 1 is 1.38 bits per heavy atom. The Morgan fingerprint density at radius 2 is 2.10 bits per heavy atom. The molecule has 0 saturated carbocycles. The summed E-state index contributed by atoms with van der Waals surface area (Å²) in [7, 11) is 0. The summed E-state index contributed by atoms with van der Waals surface area (Å²) < 4.78 is 0. The van der Waals surface area contributed by atoms with E-state index in [0.29, 0.717) is 24.7 Å². The van der Waals surface area contributed by atoms with Crippen LogP contribution < -0.4 is 5.32 Å². The maximum atomic E-state index is 12.2. The number of nitrogens with zero attached hydrogens (tertiary/aromatic N) is 1. The fourth-order valence-corrected chi connectivity index (χ4v) is 2.96. The second-order valence-electron chi connectivity index (χ2n) is 5.56. The molecule has 1 aliphatic heterocycles. The largest absolute Gasteiger partial charge is 0.337 e. The van der Waals surface area contributed by atoms with E-state index in [1.807, 2.05) is 43.2 Å². The monoisotopic (exact) mass is 286 g/mol. The van der Waals surface area contributed by atoms with Crippen molar-refractivity contribution in [1.29, 1.82) is 0 Å². The Balaban J connectivity index is 1.90. The molecular formula is C17H22N2O2. The fraction of sp³-hybridized carbons (Fsp3) is 0.471. The lowest BCUT2D eigenvalue weighted by atomic mass is 9.93. The molecule has 1 heterocycles. The highest BCUT2D eigenvalue weighted by Gasteiger charge is 2.37. The molecular weight excluding hydrogens is 264 g/mol. The van der Waals surface area contributed by atoms with Crippen LogP contribution in [0.5, 0.6) is 0 Å². The molecule has 0 bridgehead atoms. The summed E-state index contributed by atoms with van der Waals surface area (Å²) in [4.78, 5) is 24.9. The Hall–Kier alpha value is -2.06. The van der Waals surface area contributed by atoms with E-state index in [1.165, 1.54) is 5.56 Å². The number of amides is 2. The van der Waals surface area contributed by atoms with Gasteiger partial charge in [0.1, 0.15) is 11.6 Å². The zero-order valence-corrected chi connectivity index (χ0v) is 12.6. The Labute approximate surface area is 125 Å². The molecule has 21 heavy (non-hydrogen) atoms. The average molecular weight is 286 g/mol. The minimum atomic E-state index is -0.188. The predicted octanol–water partition coefficient (Wildman–Crippen LogP) is 2.63. The van der Waals surface area contributed by atoms with E-state index >= 15 is 0 Å². The van der Waals surface area contributed by atoms with Crippen LogP contribution in [0.2, 0.25) is 0 Å². The van der Waals surface area contributed by atoms with Gasteiger partial charge in [-0.15, -0.1) is 0 Å². The number of hydrogen-bond acceptors (Lipinski definition) is 2. The lowest BCUT2D eigenvalue weighted by Gasteiger charge is -2.17. The molecule has 4 heteroatoms. The van der Waals surface area contributed by atoms with Crippen LogP contribution >= 0.6 is 0 Å². The molecule has 1 fully saturated rings. The van der Waals surface area contributed by atoms with Crippen LogP contribution in [0.4, 0.5) is 4.79 Å². The number of benzene rings is 1. The summed E-state index contributed by atoms with van der Waals surface area (Å²) in [5, 5.41) is 2.89. The van der Waals surface area contributed by atoms with Crippen molar-refractivity contribution in [2.75, 3.05) is 13.1 Å². The van der Waals surface area contributed by atoms with E-state index < -0.39 is 0 Å². The molecule has 2 rings (SSSR count). The van der Waals surface area contributed by atoms with E-state index in [9.17, 15) is 9.59 Å². The third-order valence-corrected chi connectivity index (χ3v) is 4.12. The van der Waals surface area contributed by atoms with Crippen LogP contribution in [0.15, 0.2) is 36.0 Å². The highest BCUT2D eigenvalue weighted by atomic mass is 16.2. The number of hydrogen-bond donors (Lipinski definition) is 1. The maximum Gasteiger partial charge on any atom is 0.322 e. The molecule has 1 aliphatic rings. The quantitative estimate of drug-likeness (QED) is 0.865. The number of carbonyl (C=O) groups excluding carboxylic acids is 2. The van der Waals surface area contributed by atoms with Crippen LogP contribution in [0.1, 0.15) is 25.8 Å². The van der Waals surface area contributed by atoms with Crippen LogP contribution in [0, 0.1) is 11.8 Å². The zero-order valence-electron chi connectivity index (χ0n) is 12.6. The van der Waals surface area contributed by atoms with Gasteiger partial charge in [-0.05, 0) is 24.3 Å². The first-order chi connectivity index (χ1) is 10.2. The molecule has 1 aromatic rings. The molecule has 2 atom stereocenters. The first kappa shape index (κ1) is 15.3. The number of allylic oxidation sites excluding steroid dienone is 1. The normalized spacial score (nSPS) is 21.2. The van der Waals surface area contributed by atoms with Crippen LogP contribution in [0.25, 0.3) is 0 Å². The maximum absolute atomic E-state index is 12.2. The van der Waals surface area contributed by atoms with Gasteiger partial charge in [-0.2, -0.15) is 0 Å². The van der Waals surface area contributed by atoms with E-state index in [4.69, 9.17) is 0 Å². The second kappa shape index (κ2) is 7.09. The van der Waals surface area contributed by atoms with E-state index in [1.54, 1.807) is 4.90 Å². The molecule has 1 saturated heterocycles. The smallest absolute Gasteiger partial charge is 0.322 e. The lowest BCUT2D eigenvalue weighted by Crippen LogP contribution is -2.38. The van der Waals surface area contributed by atoms with E-state index in [2.05, 4.69) is 12.2 Å². The number of urea groups is 1. The highest BCUT2D eigenvalue weighted by molar-refractivity contribution is 5.79. The van der Waals surface area contributed by atoms with E-state index in [0.717, 1.165) is 12.8 Å². The van der Waals surface area contributed by atoms with Crippen molar-refractivity contribution in [3.63, 3.8) is 0 Å². The SMILES string of the molecule is CCC1C(=C=O)N(C(=O)NCCc2ccccc2)CC1C. The van der Waals surface area contributed by atoms with Gasteiger partial charge in [0.25, 0.3) is 0 Å². The van der Waals surface area contributed by atoms with Crippen LogP contribution in [-0.2, 0) is 11.2 Å². The number of nitrogens with one attached hydrogen (secondary N) is 1. The molecule has 0 aromatic heterocycles. The molecule has 1 aromatic carbocycles. The van der Waals surface area contributed by atoms with Crippen LogP contribution in [0.3, 0.4) is 0 Å². The molecule has 112 valence electrons. The molecule has 0 spiro atoms. The summed E-state index contributed by atoms with van der Waals surface area (Å²) in [6.07, 6.45) is 1.65. The molecule has 0 aliphatic carbocycles. The standard InChI is InChI=1S/C17H22N2O2/c1-3-15-13(2)11-19(16(15)12-20)17(21)18-10-9-14-7-5-4-6-8-14/h4-8,13,15H,3,9-11H2,1-2H3,(H,18,21). The summed E-state index contributed by atoms with van der Waals surface area (Å²) >= 11 is 0. The third kappa shape index (κ3) is 3.53. The Morgan fingerprint density at radius 3 is 2.71 bits per heavy atom. The first-order valence-electron chi connectivity index (χ1n) is 7.51. The van der Waals surface area contributed by atoms with Gasteiger partial charge in [-0.25, -0.2) is 9.59 Å². The van der Waals surface area contributed by atoms with E-state index in [-0.39, 0.29) is 11.9 Å². The molecule has 1 N–H and O–H groups in total. The van der Waals surface area contributed by atoms with Gasteiger partial charge in [0.15, 0.2) is 0 Å². The van der Waals surface area contributed by atoms with Crippen molar-refractivity contribution in [2.45, 2.75) is 26.7 Å². The first-order valence-corrected chi connectivity index (χ1v) is 7.51. The molecule has 2 unspecified atom stereocenters. The van der Waals surface area contributed by atoms with Gasteiger partial charge in [0.05, 0.1) is 0 Å². The zero-order chi connectivity index (χ0) is 15.2. The average Bonchev–Trinajstić information content (AvgIpc) is 2.84.